The highest BCUT2D eigenvalue weighted by molar-refractivity contribution is 9.10. The number of amides is 2. The fourth-order valence-corrected chi connectivity index (χ4v) is 3.55. The van der Waals surface area contributed by atoms with Gasteiger partial charge in [0, 0.05) is 22.1 Å². The van der Waals surface area contributed by atoms with Crippen LogP contribution >= 0.6 is 27.7 Å². The van der Waals surface area contributed by atoms with Crippen molar-refractivity contribution in [3.63, 3.8) is 0 Å². The van der Waals surface area contributed by atoms with Crippen molar-refractivity contribution in [1.82, 2.24) is 9.47 Å². The second-order valence-electron chi connectivity index (χ2n) is 5.13. The van der Waals surface area contributed by atoms with Gasteiger partial charge in [-0.1, -0.05) is 22.0 Å². The molecule has 0 unspecified atom stereocenters. The lowest BCUT2D eigenvalue weighted by atomic mass is 10.3. The van der Waals surface area contributed by atoms with E-state index in [-0.39, 0.29) is 11.4 Å². The van der Waals surface area contributed by atoms with E-state index in [1.165, 1.54) is 7.11 Å². The molecule has 0 N–H and O–H groups in total. The van der Waals surface area contributed by atoms with Crippen molar-refractivity contribution in [2.24, 2.45) is 0 Å². The van der Waals surface area contributed by atoms with Gasteiger partial charge in [0.25, 0.3) is 11.1 Å². The van der Waals surface area contributed by atoms with Gasteiger partial charge in [0.1, 0.15) is 6.54 Å². The first-order valence-electron chi connectivity index (χ1n) is 7.25. The van der Waals surface area contributed by atoms with Gasteiger partial charge in [-0.25, -0.2) is 0 Å². The number of halogens is 1. The molecule has 2 aromatic rings. The number of aromatic nitrogens is 1. The topological polar surface area (TPSA) is 68.6 Å². The summed E-state index contributed by atoms with van der Waals surface area (Å²) in [7, 11) is 1.21. The first kappa shape index (κ1) is 17.5. The molecule has 2 amide bonds. The smallest absolute Gasteiger partial charge is 0.325 e. The zero-order valence-corrected chi connectivity index (χ0v) is 15.5. The van der Waals surface area contributed by atoms with Crippen molar-refractivity contribution in [3.8, 4) is 5.69 Å². The summed E-state index contributed by atoms with van der Waals surface area (Å²) in [5.41, 5.74) is 1.67. The number of hydrogen-bond donors (Lipinski definition) is 0. The molecule has 3 rings (SSSR count). The third-order valence-electron chi connectivity index (χ3n) is 3.53. The van der Waals surface area contributed by atoms with Gasteiger partial charge in [-0.05, 0) is 48.2 Å². The van der Waals surface area contributed by atoms with Crippen molar-refractivity contribution < 1.29 is 19.1 Å². The van der Waals surface area contributed by atoms with Crippen LogP contribution in [-0.4, -0.2) is 40.2 Å². The summed E-state index contributed by atoms with van der Waals surface area (Å²) in [5.74, 6) is -1.14. The molecule has 128 valence electrons. The Bertz CT molecular complexity index is 890. The molecular formula is C17H13BrN2O4S. The van der Waals surface area contributed by atoms with E-state index >= 15 is 0 Å². The Hall–Kier alpha value is -2.32. The highest BCUT2D eigenvalue weighted by Crippen LogP contribution is 2.32. The maximum Gasteiger partial charge on any atom is 0.325 e. The van der Waals surface area contributed by atoms with E-state index in [2.05, 4.69) is 20.7 Å². The van der Waals surface area contributed by atoms with Crippen LogP contribution in [0.3, 0.4) is 0 Å². The molecule has 0 spiro atoms. The van der Waals surface area contributed by atoms with Crippen LogP contribution < -0.4 is 0 Å². The van der Waals surface area contributed by atoms with Gasteiger partial charge in [-0.2, -0.15) is 0 Å². The number of carbonyl (C=O) groups excluding carboxylic acids is 3. The predicted octanol–water partition coefficient (Wildman–Crippen LogP) is 3.45. The highest BCUT2D eigenvalue weighted by atomic mass is 79.9. The molecule has 25 heavy (non-hydrogen) atoms. The number of thioether (sulfide) groups is 1. The molecule has 1 aliphatic rings. The van der Waals surface area contributed by atoms with Crippen LogP contribution in [0.1, 0.15) is 5.69 Å². The van der Waals surface area contributed by atoms with Crippen LogP contribution in [0.25, 0.3) is 11.8 Å². The van der Waals surface area contributed by atoms with Crippen molar-refractivity contribution in [2.75, 3.05) is 13.7 Å². The van der Waals surface area contributed by atoms with Crippen molar-refractivity contribution in [2.45, 2.75) is 0 Å². The molecule has 8 heteroatoms. The lowest BCUT2D eigenvalue weighted by molar-refractivity contribution is -0.143. The Balaban J connectivity index is 1.90. The summed E-state index contributed by atoms with van der Waals surface area (Å²) in [5, 5.41) is -0.484. The van der Waals surface area contributed by atoms with Crippen LogP contribution in [0, 0.1) is 0 Å². The van der Waals surface area contributed by atoms with Gasteiger partial charge in [0.2, 0.25) is 0 Å². The molecule has 0 radical (unpaired) electrons. The molecule has 1 aromatic carbocycles. The quantitative estimate of drug-likeness (QED) is 0.559. The fraction of sp³-hybridized carbons (Fsp3) is 0.118. The van der Waals surface area contributed by atoms with E-state index in [9.17, 15) is 14.4 Å². The van der Waals surface area contributed by atoms with Crippen molar-refractivity contribution in [1.29, 1.82) is 0 Å². The second-order valence-corrected chi connectivity index (χ2v) is 7.04. The number of rotatable bonds is 4. The Morgan fingerprint density at radius 3 is 2.80 bits per heavy atom. The fourth-order valence-electron chi connectivity index (χ4n) is 2.34. The third-order valence-corrected chi connectivity index (χ3v) is 4.93. The lowest BCUT2D eigenvalue weighted by Crippen LogP contribution is -2.34. The zero-order chi connectivity index (χ0) is 18.0. The number of ether oxygens (including phenoxy) is 1. The Kier molecular flexibility index (Phi) is 5.10. The molecule has 2 heterocycles. The Morgan fingerprint density at radius 2 is 2.08 bits per heavy atom. The molecule has 0 aliphatic carbocycles. The predicted molar refractivity (Wildman–Crippen MR) is 98.2 cm³/mol. The monoisotopic (exact) mass is 420 g/mol. The SMILES string of the molecule is COC(=O)CN1C(=O)SC(=Cc2cccn2-c2cccc(Br)c2)C1=O. The first-order valence-corrected chi connectivity index (χ1v) is 8.86. The van der Waals surface area contributed by atoms with Gasteiger partial charge in [-0.3, -0.25) is 19.3 Å². The average molecular weight is 421 g/mol. The molecular weight excluding hydrogens is 408 g/mol. The van der Waals surface area contributed by atoms with Crippen LogP contribution in [0.4, 0.5) is 4.79 Å². The van der Waals surface area contributed by atoms with Crippen LogP contribution in [0.15, 0.2) is 52.0 Å². The van der Waals surface area contributed by atoms with E-state index in [4.69, 9.17) is 0 Å². The molecule has 1 aromatic heterocycles. The summed E-state index contributed by atoms with van der Waals surface area (Å²) in [6.45, 7) is -0.384. The maximum atomic E-state index is 12.4. The molecule has 1 fully saturated rings. The van der Waals surface area contributed by atoms with Crippen molar-refractivity contribution in [3.05, 3.63) is 57.7 Å². The zero-order valence-electron chi connectivity index (χ0n) is 13.1. The average Bonchev–Trinajstić information content (AvgIpc) is 3.15. The first-order chi connectivity index (χ1) is 12.0. The summed E-state index contributed by atoms with van der Waals surface area (Å²) in [6, 6.07) is 11.4. The standard InChI is InChI=1S/C17H13BrN2O4S/c1-24-15(21)10-20-16(22)14(25-17(20)23)9-13-6-3-7-19(13)12-5-2-4-11(18)8-12/h2-9H,10H2,1H3. The van der Waals surface area contributed by atoms with Crippen LogP contribution in [-0.2, 0) is 14.3 Å². The van der Waals surface area contributed by atoms with E-state index < -0.39 is 17.1 Å². The van der Waals surface area contributed by atoms with Gasteiger partial charge in [0.15, 0.2) is 0 Å². The molecule has 1 saturated heterocycles. The van der Waals surface area contributed by atoms with Gasteiger partial charge < -0.3 is 9.30 Å². The summed E-state index contributed by atoms with van der Waals surface area (Å²) < 4.78 is 7.35. The number of hydrogen-bond acceptors (Lipinski definition) is 5. The van der Waals surface area contributed by atoms with E-state index in [0.717, 1.165) is 32.5 Å². The van der Waals surface area contributed by atoms with E-state index in [0.29, 0.717) is 0 Å². The van der Waals surface area contributed by atoms with E-state index in [1.54, 1.807) is 6.08 Å². The summed E-state index contributed by atoms with van der Waals surface area (Å²) >= 11 is 4.24. The Labute approximate surface area is 156 Å². The van der Waals surface area contributed by atoms with Gasteiger partial charge >= 0.3 is 5.97 Å². The molecule has 0 atom stereocenters. The lowest BCUT2D eigenvalue weighted by Gasteiger charge is -2.10. The largest absolute Gasteiger partial charge is 0.468 e. The minimum atomic E-state index is -0.638. The van der Waals surface area contributed by atoms with Gasteiger partial charge in [-0.15, -0.1) is 0 Å². The molecule has 1 aliphatic heterocycles. The molecule has 6 nitrogen and oxygen atoms in total. The molecule has 0 saturated carbocycles. The number of benzene rings is 1. The third kappa shape index (κ3) is 3.69. The van der Waals surface area contributed by atoms with Crippen molar-refractivity contribution >= 4 is 50.9 Å². The van der Waals surface area contributed by atoms with E-state index in [1.807, 2.05) is 47.2 Å². The summed E-state index contributed by atoms with van der Waals surface area (Å²) in [4.78, 5) is 36.9. The highest BCUT2D eigenvalue weighted by Gasteiger charge is 2.36. The number of esters is 1. The minimum Gasteiger partial charge on any atom is -0.468 e. The normalized spacial score (nSPS) is 15.9. The van der Waals surface area contributed by atoms with Crippen LogP contribution in [0.2, 0.25) is 0 Å². The number of carbonyl (C=O) groups is 3. The number of imide groups is 1. The minimum absolute atomic E-state index is 0.267. The molecule has 0 bridgehead atoms. The summed E-state index contributed by atoms with van der Waals surface area (Å²) in [6.07, 6.45) is 3.51. The van der Waals surface area contributed by atoms with Crippen LogP contribution in [0.5, 0.6) is 0 Å². The number of nitrogens with zero attached hydrogens (tertiary/aromatic N) is 2. The maximum absolute atomic E-state index is 12.4. The number of methoxy groups -OCH3 is 1. The second kappa shape index (κ2) is 7.28. The van der Waals surface area contributed by atoms with Gasteiger partial charge in [0.05, 0.1) is 12.0 Å². The Morgan fingerprint density at radius 1 is 1.28 bits per heavy atom.